The van der Waals surface area contributed by atoms with E-state index in [9.17, 15) is 26.3 Å². The number of benzene rings is 2. The van der Waals surface area contributed by atoms with E-state index in [1.807, 2.05) is 9.80 Å². The number of piperidine rings is 2. The Balaban J connectivity index is 1.18. The van der Waals surface area contributed by atoms with Gasteiger partial charge >= 0.3 is 12.4 Å². The van der Waals surface area contributed by atoms with E-state index in [1.54, 1.807) is 12.1 Å². The molecule has 12 heteroatoms. The maximum atomic E-state index is 13.0. The highest BCUT2D eigenvalue weighted by Gasteiger charge is 2.32. The molecule has 2 aromatic rings. The summed E-state index contributed by atoms with van der Waals surface area (Å²) in [5.74, 6) is 1.09. The molecule has 0 aliphatic carbocycles. The Labute approximate surface area is 234 Å². The van der Waals surface area contributed by atoms with Crippen molar-refractivity contribution >= 4 is 46.0 Å². The summed E-state index contributed by atoms with van der Waals surface area (Å²) in [6, 6.07) is 10.1. The molecule has 0 amide bonds. The first-order valence-electron chi connectivity index (χ1n) is 12.8. The van der Waals surface area contributed by atoms with Gasteiger partial charge in [-0.15, -0.1) is 0 Å². The lowest BCUT2D eigenvalue weighted by atomic mass is 9.83. The van der Waals surface area contributed by atoms with Crippen molar-refractivity contribution < 1.29 is 26.3 Å². The molecule has 0 spiro atoms. The Kier molecular flexibility index (Phi) is 9.25. The molecule has 0 bridgehead atoms. The lowest BCUT2D eigenvalue weighted by molar-refractivity contribution is -0.138. The Hall–Kier alpha value is -2.60. The molecular weight excluding hydrogens is 558 g/mol. The van der Waals surface area contributed by atoms with Gasteiger partial charge in [0.25, 0.3) is 0 Å². The van der Waals surface area contributed by atoms with Crippen molar-refractivity contribution in [2.24, 2.45) is 11.8 Å². The second-order valence-corrected chi connectivity index (χ2v) is 10.9. The van der Waals surface area contributed by atoms with Gasteiger partial charge in [0.2, 0.25) is 0 Å². The SMILES string of the molecule is FC(F)(F)c1cccc(NC(=S)N2CCC(CC3CCN(C(=S)Nc4cccc(C(F)(F)F)c4)CC3)CC2)c1. The van der Waals surface area contributed by atoms with Crippen LogP contribution < -0.4 is 10.6 Å². The van der Waals surface area contributed by atoms with Crippen LogP contribution in [0.1, 0.15) is 43.2 Å². The van der Waals surface area contributed by atoms with Gasteiger partial charge in [-0.2, -0.15) is 26.3 Å². The zero-order valence-electron chi connectivity index (χ0n) is 21.1. The molecule has 2 fully saturated rings. The minimum Gasteiger partial charge on any atom is -0.349 e. The number of rotatable bonds is 4. The fraction of sp³-hybridized carbons (Fsp3) is 0.481. The molecule has 4 nitrogen and oxygen atoms in total. The largest absolute Gasteiger partial charge is 0.416 e. The number of halogens is 6. The number of nitrogens with zero attached hydrogens (tertiary/aromatic N) is 2. The minimum absolute atomic E-state index is 0.323. The van der Waals surface area contributed by atoms with Gasteiger partial charge in [0, 0.05) is 37.6 Å². The maximum absolute atomic E-state index is 13.0. The van der Waals surface area contributed by atoms with Crippen LogP contribution in [0.3, 0.4) is 0 Å². The molecule has 2 aromatic carbocycles. The summed E-state index contributed by atoms with van der Waals surface area (Å²) < 4.78 is 77.9. The van der Waals surface area contributed by atoms with E-state index < -0.39 is 23.5 Å². The predicted molar refractivity (Wildman–Crippen MR) is 149 cm³/mol. The first-order valence-corrected chi connectivity index (χ1v) is 13.7. The summed E-state index contributed by atoms with van der Waals surface area (Å²) in [5, 5.41) is 6.75. The highest BCUT2D eigenvalue weighted by molar-refractivity contribution is 7.80. The Morgan fingerprint density at radius 1 is 0.667 bits per heavy atom. The Morgan fingerprint density at radius 2 is 1.03 bits per heavy atom. The van der Waals surface area contributed by atoms with E-state index >= 15 is 0 Å². The molecule has 2 aliphatic rings. The average Bonchev–Trinajstić information content (AvgIpc) is 2.89. The van der Waals surface area contributed by atoms with Crippen molar-refractivity contribution in [3.8, 4) is 0 Å². The Morgan fingerprint density at radius 3 is 1.36 bits per heavy atom. The molecule has 4 rings (SSSR count). The second kappa shape index (κ2) is 12.3. The van der Waals surface area contributed by atoms with Crippen molar-refractivity contribution in [1.82, 2.24) is 9.80 Å². The van der Waals surface area contributed by atoms with Crippen molar-refractivity contribution in [1.29, 1.82) is 0 Å². The molecular formula is C27H30F6N4S2. The van der Waals surface area contributed by atoms with Gasteiger partial charge in [-0.3, -0.25) is 0 Å². The molecule has 0 unspecified atom stereocenters. The van der Waals surface area contributed by atoms with Gasteiger partial charge in [-0.1, -0.05) is 12.1 Å². The third-order valence-electron chi connectivity index (χ3n) is 7.35. The van der Waals surface area contributed by atoms with Crippen LogP contribution in [-0.4, -0.2) is 46.2 Å². The second-order valence-electron chi connectivity index (χ2n) is 10.1. The summed E-state index contributed by atoms with van der Waals surface area (Å²) in [4.78, 5) is 4.01. The number of alkyl halides is 6. The summed E-state index contributed by atoms with van der Waals surface area (Å²) in [6.07, 6.45) is -3.89. The fourth-order valence-electron chi connectivity index (χ4n) is 5.17. The van der Waals surface area contributed by atoms with Gasteiger partial charge in [0.15, 0.2) is 10.2 Å². The summed E-state index contributed by atoms with van der Waals surface area (Å²) in [7, 11) is 0. The average molecular weight is 589 g/mol. The highest BCUT2D eigenvalue weighted by Crippen LogP contribution is 2.33. The van der Waals surface area contributed by atoms with E-state index in [-0.39, 0.29) is 0 Å². The van der Waals surface area contributed by atoms with Crippen LogP contribution >= 0.6 is 24.4 Å². The first-order chi connectivity index (χ1) is 18.4. The third-order valence-corrected chi connectivity index (χ3v) is 8.07. The van der Waals surface area contributed by atoms with Crippen LogP contribution in [0.5, 0.6) is 0 Å². The maximum Gasteiger partial charge on any atom is 0.416 e. The topological polar surface area (TPSA) is 30.5 Å². The lowest BCUT2D eigenvalue weighted by Crippen LogP contribution is -2.43. The number of thiocarbonyl (C=S) groups is 2. The predicted octanol–water partition coefficient (Wildman–Crippen LogP) is 7.63. The summed E-state index contributed by atoms with van der Waals surface area (Å²) in [6.45, 7) is 3.00. The van der Waals surface area contributed by atoms with E-state index in [0.717, 1.165) is 82.5 Å². The zero-order valence-corrected chi connectivity index (χ0v) is 22.7. The number of nitrogens with one attached hydrogen (secondary N) is 2. The van der Waals surface area contributed by atoms with Gasteiger partial charge in [-0.25, -0.2) is 0 Å². The molecule has 212 valence electrons. The van der Waals surface area contributed by atoms with Gasteiger partial charge in [0.05, 0.1) is 11.1 Å². The van der Waals surface area contributed by atoms with Crippen LogP contribution in [0.15, 0.2) is 48.5 Å². The van der Waals surface area contributed by atoms with Crippen LogP contribution in [0, 0.1) is 11.8 Å². The van der Waals surface area contributed by atoms with Crippen LogP contribution in [0.25, 0.3) is 0 Å². The molecule has 0 saturated carbocycles. The molecule has 2 aliphatic heterocycles. The van der Waals surface area contributed by atoms with Crippen molar-refractivity contribution in [3.63, 3.8) is 0 Å². The molecule has 0 aromatic heterocycles. The number of hydrogen-bond acceptors (Lipinski definition) is 2. The van der Waals surface area contributed by atoms with Crippen molar-refractivity contribution in [2.45, 2.75) is 44.5 Å². The molecule has 39 heavy (non-hydrogen) atoms. The fourth-order valence-corrected chi connectivity index (χ4v) is 5.77. The monoisotopic (exact) mass is 588 g/mol. The van der Waals surface area contributed by atoms with E-state index in [2.05, 4.69) is 10.6 Å². The smallest absolute Gasteiger partial charge is 0.349 e. The standard InChI is InChI=1S/C27H30F6N4S2/c28-26(29,30)20-3-1-5-22(16-20)34-24(38)36-11-7-18(8-12-36)15-19-9-13-37(14-10-19)25(39)35-23-6-2-4-21(17-23)27(31,32)33/h1-6,16-19H,7-15H2,(H,34,38)(H,35,39). The molecule has 2 saturated heterocycles. The molecule has 2 heterocycles. The Bertz CT molecular complexity index is 1060. The number of likely N-dealkylation sites (tertiary alicyclic amines) is 2. The van der Waals surface area contributed by atoms with Crippen molar-refractivity contribution in [3.05, 3.63) is 59.7 Å². The third kappa shape index (κ3) is 8.20. The highest BCUT2D eigenvalue weighted by atomic mass is 32.1. The van der Waals surface area contributed by atoms with Crippen LogP contribution in [0.4, 0.5) is 37.7 Å². The number of hydrogen-bond donors (Lipinski definition) is 2. The lowest BCUT2D eigenvalue weighted by Gasteiger charge is -2.38. The number of anilines is 2. The van der Waals surface area contributed by atoms with E-state index in [1.165, 1.54) is 12.1 Å². The molecule has 0 atom stereocenters. The zero-order chi connectivity index (χ0) is 28.2. The summed E-state index contributed by atoms with van der Waals surface area (Å²) >= 11 is 10.9. The molecule has 0 radical (unpaired) electrons. The van der Waals surface area contributed by atoms with Gasteiger partial charge in [0.1, 0.15) is 0 Å². The van der Waals surface area contributed by atoms with E-state index in [0.29, 0.717) is 33.4 Å². The summed E-state index contributed by atoms with van der Waals surface area (Å²) in [5.41, 5.74) is -0.784. The first kappa shape index (κ1) is 29.4. The minimum atomic E-state index is -4.40. The van der Waals surface area contributed by atoms with E-state index in [4.69, 9.17) is 24.4 Å². The van der Waals surface area contributed by atoms with Crippen LogP contribution in [0.2, 0.25) is 0 Å². The van der Waals surface area contributed by atoms with Crippen LogP contribution in [-0.2, 0) is 12.4 Å². The molecule has 2 N–H and O–H groups in total. The van der Waals surface area contributed by atoms with Gasteiger partial charge in [-0.05, 0) is 105 Å². The quantitative estimate of drug-likeness (QED) is 0.282. The normalized spacial score (nSPS) is 17.7. The van der Waals surface area contributed by atoms with Gasteiger partial charge < -0.3 is 20.4 Å². The van der Waals surface area contributed by atoms with Crippen molar-refractivity contribution in [2.75, 3.05) is 36.8 Å².